The van der Waals surface area contributed by atoms with E-state index >= 15 is 0 Å². The van der Waals surface area contributed by atoms with Gasteiger partial charge >= 0.3 is 0 Å². The van der Waals surface area contributed by atoms with Crippen LogP contribution in [0.15, 0.2) is 0 Å². The van der Waals surface area contributed by atoms with E-state index in [9.17, 15) is 0 Å². The van der Waals surface area contributed by atoms with E-state index < -0.39 is 0 Å². The fourth-order valence-corrected chi connectivity index (χ4v) is 1.34. The molecular formula is C8H12Cl2N2O. The van der Waals surface area contributed by atoms with Gasteiger partial charge in [-0.15, -0.1) is 0 Å². The predicted molar refractivity (Wildman–Crippen MR) is 53.8 cm³/mol. The molecule has 13 heavy (non-hydrogen) atoms. The number of methoxy groups -OCH3 is 1. The van der Waals surface area contributed by atoms with Gasteiger partial charge in [-0.2, -0.15) is 5.10 Å². The van der Waals surface area contributed by atoms with Gasteiger partial charge in [0, 0.05) is 0 Å². The molecule has 74 valence electrons. The van der Waals surface area contributed by atoms with E-state index in [0.29, 0.717) is 10.9 Å². The molecule has 0 aromatic carbocycles. The zero-order chi connectivity index (χ0) is 10.2. The van der Waals surface area contributed by atoms with Crippen LogP contribution in [0.1, 0.15) is 20.8 Å². The topological polar surface area (TPSA) is 27.1 Å². The average Bonchev–Trinajstić information content (AvgIpc) is 2.28. The zero-order valence-electron chi connectivity index (χ0n) is 8.06. The number of halogens is 2. The van der Waals surface area contributed by atoms with E-state index in [2.05, 4.69) is 5.10 Å². The van der Waals surface area contributed by atoms with E-state index in [0.717, 1.165) is 0 Å². The predicted octanol–water partition coefficient (Wildman–Crippen LogP) is 2.95. The summed E-state index contributed by atoms with van der Waals surface area (Å²) in [6.45, 7) is 5.99. The van der Waals surface area contributed by atoms with Gasteiger partial charge in [0.2, 0.25) is 5.88 Å². The Labute approximate surface area is 87.6 Å². The molecule has 0 amide bonds. The second-order valence-corrected chi connectivity index (χ2v) is 4.43. The van der Waals surface area contributed by atoms with Crippen LogP contribution in [0, 0.1) is 0 Å². The summed E-state index contributed by atoms with van der Waals surface area (Å²) in [6.07, 6.45) is 0. The van der Waals surface area contributed by atoms with Crippen molar-refractivity contribution in [1.82, 2.24) is 9.78 Å². The summed E-state index contributed by atoms with van der Waals surface area (Å²) in [7, 11) is 1.54. The minimum Gasteiger partial charge on any atom is -0.480 e. The highest BCUT2D eigenvalue weighted by atomic mass is 35.5. The molecule has 0 bridgehead atoms. The lowest BCUT2D eigenvalue weighted by molar-refractivity contribution is 0.282. The van der Waals surface area contributed by atoms with E-state index in [-0.39, 0.29) is 10.7 Å². The van der Waals surface area contributed by atoms with Crippen LogP contribution in [0.2, 0.25) is 10.2 Å². The number of rotatable bonds is 1. The van der Waals surface area contributed by atoms with Gasteiger partial charge in [-0.25, -0.2) is 4.68 Å². The van der Waals surface area contributed by atoms with Gasteiger partial charge in [0.1, 0.15) is 5.02 Å². The van der Waals surface area contributed by atoms with Crippen LogP contribution in [0.5, 0.6) is 5.88 Å². The van der Waals surface area contributed by atoms with Crippen molar-refractivity contribution in [2.45, 2.75) is 26.3 Å². The Hall–Kier alpha value is -0.410. The van der Waals surface area contributed by atoms with Gasteiger partial charge in [-0.3, -0.25) is 0 Å². The molecule has 5 heteroatoms. The van der Waals surface area contributed by atoms with Crippen LogP contribution in [-0.2, 0) is 5.54 Å². The molecule has 0 saturated carbocycles. The van der Waals surface area contributed by atoms with Gasteiger partial charge in [0.05, 0.1) is 12.6 Å². The second-order valence-electron chi connectivity index (χ2n) is 3.70. The standard InChI is InChI=1S/C8H12Cl2N2O/c1-8(2,3)12-7(13-4)5(9)6(10)11-12/h1-4H3. The van der Waals surface area contributed by atoms with Crippen molar-refractivity contribution in [1.29, 1.82) is 0 Å². The lowest BCUT2D eigenvalue weighted by Crippen LogP contribution is -2.23. The molecule has 1 rings (SSSR count). The van der Waals surface area contributed by atoms with Crippen LogP contribution in [0.25, 0.3) is 0 Å². The van der Waals surface area contributed by atoms with Crippen molar-refractivity contribution in [2.24, 2.45) is 0 Å². The fraction of sp³-hybridized carbons (Fsp3) is 0.625. The quantitative estimate of drug-likeness (QED) is 0.731. The normalized spacial score (nSPS) is 11.8. The van der Waals surface area contributed by atoms with Gasteiger partial charge in [0.25, 0.3) is 0 Å². The Kier molecular flexibility index (Phi) is 2.78. The summed E-state index contributed by atoms with van der Waals surface area (Å²) in [4.78, 5) is 0. The third-order valence-electron chi connectivity index (χ3n) is 1.58. The summed E-state index contributed by atoms with van der Waals surface area (Å²) >= 11 is 11.7. The molecule has 0 aliphatic carbocycles. The lowest BCUT2D eigenvalue weighted by atomic mass is 10.1. The summed E-state index contributed by atoms with van der Waals surface area (Å²) < 4.78 is 6.77. The van der Waals surface area contributed by atoms with E-state index in [1.54, 1.807) is 11.8 Å². The lowest BCUT2D eigenvalue weighted by Gasteiger charge is -2.20. The van der Waals surface area contributed by atoms with Crippen LogP contribution in [0.3, 0.4) is 0 Å². The molecule has 0 unspecified atom stereocenters. The minimum atomic E-state index is -0.192. The fourth-order valence-electron chi connectivity index (χ4n) is 0.989. The van der Waals surface area contributed by atoms with Gasteiger partial charge in [-0.1, -0.05) is 23.2 Å². The first-order chi connectivity index (χ1) is 5.88. The van der Waals surface area contributed by atoms with Crippen molar-refractivity contribution in [2.75, 3.05) is 7.11 Å². The molecule has 0 radical (unpaired) electrons. The highest BCUT2D eigenvalue weighted by molar-refractivity contribution is 6.42. The van der Waals surface area contributed by atoms with Crippen LogP contribution >= 0.6 is 23.2 Å². The molecule has 0 aliphatic rings. The number of nitrogens with zero attached hydrogens (tertiary/aromatic N) is 2. The number of hydrogen-bond donors (Lipinski definition) is 0. The Bertz CT molecular complexity index is 315. The third-order valence-corrected chi connectivity index (χ3v) is 2.28. The first kappa shape index (κ1) is 10.7. The molecule has 1 aromatic rings. The van der Waals surface area contributed by atoms with Crippen molar-refractivity contribution >= 4 is 23.2 Å². The molecule has 0 saturated heterocycles. The zero-order valence-corrected chi connectivity index (χ0v) is 9.57. The monoisotopic (exact) mass is 222 g/mol. The average molecular weight is 223 g/mol. The maximum atomic E-state index is 5.88. The van der Waals surface area contributed by atoms with E-state index in [1.165, 1.54) is 0 Å². The summed E-state index contributed by atoms with van der Waals surface area (Å²) in [5, 5.41) is 4.71. The maximum absolute atomic E-state index is 5.88. The Morgan fingerprint density at radius 3 is 2.15 bits per heavy atom. The Balaban J connectivity index is 3.30. The molecular weight excluding hydrogens is 211 g/mol. The summed E-state index contributed by atoms with van der Waals surface area (Å²) in [6, 6.07) is 0. The van der Waals surface area contributed by atoms with Gasteiger partial charge in [0.15, 0.2) is 5.15 Å². The van der Waals surface area contributed by atoms with E-state index in [4.69, 9.17) is 27.9 Å². The minimum absolute atomic E-state index is 0.192. The Morgan fingerprint density at radius 2 is 1.85 bits per heavy atom. The summed E-state index contributed by atoms with van der Waals surface area (Å²) in [5.41, 5.74) is -0.192. The molecule has 0 N–H and O–H groups in total. The van der Waals surface area contributed by atoms with Crippen molar-refractivity contribution in [3.05, 3.63) is 10.2 Å². The highest BCUT2D eigenvalue weighted by Gasteiger charge is 2.23. The molecule has 0 atom stereocenters. The number of hydrogen-bond acceptors (Lipinski definition) is 2. The van der Waals surface area contributed by atoms with Crippen LogP contribution in [0.4, 0.5) is 0 Å². The second kappa shape index (κ2) is 3.39. The first-order valence-corrected chi connectivity index (χ1v) is 4.62. The molecule has 0 spiro atoms. The highest BCUT2D eigenvalue weighted by Crippen LogP contribution is 2.34. The summed E-state index contributed by atoms with van der Waals surface area (Å²) in [5.74, 6) is 0.499. The van der Waals surface area contributed by atoms with Gasteiger partial charge < -0.3 is 4.74 Å². The van der Waals surface area contributed by atoms with Crippen LogP contribution < -0.4 is 4.74 Å². The van der Waals surface area contributed by atoms with Crippen molar-refractivity contribution < 1.29 is 4.74 Å². The maximum Gasteiger partial charge on any atom is 0.233 e. The van der Waals surface area contributed by atoms with Crippen molar-refractivity contribution in [3.63, 3.8) is 0 Å². The first-order valence-electron chi connectivity index (χ1n) is 3.86. The largest absolute Gasteiger partial charge is 0.480 e. The molecule has 3 nitrogen and oxygen atoms in total. The van der Waals surface area contributed by atoms with E-state index in [1.807, 2.05) is 20.8 Å². The molecule has 0 fully saturated rings. The molecule has 1 aromatic heterocycles. The number of aromatic nitrogens is 2. The SMILES string of the molecule is COc1c(Cl)c(Cl)nn1C(C)(C)C. The Morgan fingerprint density at radius 1 is 1.31 bits per heavy atom. The smallest absolute Gasteiger partial charge is 0.233 e. The molecule has 1 heterocycles. The third kappa shape index (κ3) is 1.92. The van der Waals surface area contributed by atoms with Crippen LogP contribution in [-0.4, -0.2) is 16.9 Å². The van der Waals surface area contributed by atoms with Gasteiger partial charge in [-0.05, 0) is 20.8 Å². The van der Waals surface area contributed by atoms with Crippen molar-refractivity contribution in [3.8, 4) is 5.88 Å². The number of ether oxygens (including phenoxy) is 1. The molecule has 0 aliphatic heterocycles.